The third-order valence-electron chi connectivity index (χ3n) is 4.80. The summed E-state index contributed by atoms with van der Waals surface area (Å²) in [6, 6.07) is 28.2. The van der Waals surface area contributed by atoms with Crippen molar-refractivity contribution >= 4 is 5.69 Å². The molecule has 1 aliphatic rings. The molecular weight excluding hydrogens is 294 g/mol. The van der Waals surface area contributed by atoms with Gasteiger partial charge in [-0.05, 0) is 47.4 Å². The zero-order valence-electron chi connectivity index (χ0n) is 13.9. The van der Waals surface area contributed by atoms with E-state index in [1.165, 1.54) is 22.4 Å². The van der Waals surface area contributed by atoms with Crippen LogP contribution in [0.2, 0.25) is 0 Å². The summed E-state index contributed by atoms with van der Waals surface area (Å²) >= 11 is 0. The largest absolute Gasteiger partial charge is 0.497 e. The van der Waals surface area contributed by atoms with E-state index < -0.39 is 0 Å². The molecule has 2 nitrogen and oxygen atoms in total. The van der Waals surface area contributed by atoms with Crippen LogP contribution in [-0.2, 0) is 6.42 Å². The van der Waals surface area contributed by atoms with Gasteiger partial charge in [-0.2, -0.15) is 0 Å². The van der Waals surface area contributed by atoms with Crippen LogP contribution >= 0.6 is 0 Å². The van der Waals surface area contributed by atoms with Gasteiger partial charge in [-0.1, -0.05) is 54.6 Å². The second kappa shape index (κ2) is 6.40. The monoisotopic (exact) mass is 315 g/mol. The van der Waals surface area contributed by atoms with Gasteiger partial charge in [-0.25, -0.2) is 0 Å². The SMILES string of the molecule is COc1ccc(N2CCc3ccccc3C2c2ccccc2)cc1. The minimum atomic E-state index is 0.254. The van der Waals surface area contributed by atoms with Crippen molar-refractivity contribution in [3.05, 3.63) is 95.6 Å². The normalized spacial score (nSPS) is 16.5. The lowest BCUT2D eigenvalue weighted by atomic mass is 9.88. The van der Waals surface area contributed by atoms with Crippen molar-refractivity contribution in [1.82, 2.24) is 0 Å². The third-order valence-corrected chi connectivity index (χ3v) is 4.80. The van der Waals surface area contributed by atoms with Crippen LogP contribution < -0.4 is 9.64 Å². The lowest BCUT2D eigenvalue weighted by molar-refractivity contribution is 0.414. The van der Waals surface area contributed by atoms with E-state index in [4.69, 9.17) is 4.74 Å². The maximum atomic E-state index is 5.31. The Morgan fingerprint density at radius 1 is 0.833 bits per heavy atom. The fourth-order valence-corrected chi connectivity index (χ4v) is 3.61. The summed E-state index contributed by atoms with van der Waals surface area (Å²) < 4.78 is 5.31. The summed E-state index contributed by atoms with van der Waals surface area (Å²) in [6.45, 7) is 1.02. The van der Waals surface area contributed by atoms with Gasteiger partial charge in [-0.15, -0.1) is 0 Å². The molecule has 1 aliphatic heterocycles. The Labute approximate surface area is 143 Å². The molecular formula is C22H21NO. The molecule has 24 heavy (non-hydrogen) atoms. The molecule has 0 spiro atoms. The van der Waals surface area contributed by atoms with Crippen molar-refractivity contribution in [2.45, 2.75) is 12.5 Å². The minimum absolute atomic E-state index is 0.254. The fraction of sp³-hybridized carbons (Fsp3) is 0.182. The number of benzene rings is 3. The highest BCUT2D eigenvalue weighted by atomic mass is 16.5. The molecule has 3 aromatic rings. The Bertz CT molecular complexity index is 811. The number of hydrogen-bond donors (Lipinski definition) is 0. The highest BCUT2D eigenvalue weighted by molar-refractivity contribution is 5.57. The van der Waals surface area contributed by atoms with E-state index in [0.29, 0.717) is 0 Å². The van der Waals surface area contributed by atoms with E-state index in [9.17, 15) is 0 Å². The molecule has 1 atom stereocenters. The van der Waals surface area contributed by atoms with Gasteiger partial charge in [0.25, 0.3) is 0 Å². The molecule has 120 valence electrons. The first-order chi connectivity index (χ1) is 11.9. The first-order valence-electron chi connectivity index (χ1n) is 8.40. The summed E-state index contributed by atoms with van der Waals surface area (Å²) in [4.78, 5) is 2.50. The van der Waals surface area contributed by atoms with Crippen molar-refractivity contribution in [2.75, 3.05) is 18.6 Å². The molecule has 4 rings (SSSR count). The third kappa shape index (κ3) is 2.65. The van der Waals surface area contributed by atoms with Gasteiger partial charge < -0.3 is 9.64 Å². The Balaban J connectivity index is 1.80. The second-order valence-corrected chi connectivity index (χ2v) is 6.15. The highest BCUT2D eigenvalue weighted by Gasteiger charge is 2.28. The number of fused-ring (bicyclic) bond motifs is 1. The summed E-state index contributed by atoms with van der Waals surface area (Å²) in [7, 11) is 1.71. The van der Waals surface area contributed by atoms with Gasteiger partial charge in [0.1, 0.15) is 5.75 Å². The average Bonchev–Trinajstić information content (AvgIpc) is 2.68. The quantitative estimate of drug-likeness (QED) is 0.685. The summed E-state index contributed by atoms with van der Waals surface area (Å²) in [5.41, 5.74) is 5.43. The number of anilines is 1. The maximum absolute atomic E-state index is 5.31. The zero-order chi connectivity index (χ0) is 16.4. The van der Waals surface area contributed by atoms with Gasteiger partial charge in [-0.3, -0.25) is 0 Å². The smallest absolute Gasteiger partial charge is 0.119 e. The number of rotatable bonds is 3. The number of methoxy groups -OCH3 is 1. The zero-order valence-corrected chi connectivity index (χ0v) is 13.9. The molecule has 0 saturated heterocycles. The molecule has 3 aromatic carbocycles. The summed E-state index contributed by atoms with van der Waals surface area (Å²) in [5.74, 6) is 0.896. The number of nitrogens with zero attached hydrogens (tertiary/aromatic N) is 1. The topological polar surface area (TPSA) is 12.5 Å². The van der Waals surface area contributed by atoms with Crippen molar-refractivity contribution in [1.29, 1.82) is 0 Å². The predicted molar refractivity (Wildman–Crippen MR) is 98.8 cm³/mol. The van der Waals surface area contributed by atoms with Crippen LogP contribution in [0.1, 0.15) is 22.7 Å². The van der Waals surface area contributed by atoms with Gasteiger partial charge >= 0.3 is 0 Å². The first kappa shape index (κ1) is 14.8. The molecule has 0 bridgehead atoms. The van der Waals surface area contributed by atoms with Crippen LogP contribution in [-0.4, -0.2) is 13.7 Å². The number of ether oxygens (including phenoxy) is 1. The van der Waals surface area contributed by atoms with Gasteiger partial charge in [0.05, 0.1) is 13.2 Å². The van der Waals surface area contributed by atoms with Crippen LogP contribution in [0.3, 0.4) is 0 Å². The fourth-order valence-electron chi connectivity index (χ4n) is 3.61. The van der Waals surface area contributed by atoms with Crippen LogP contribution in [0.4, 0.5) is 5.69 Å². The minimum Gasteiger partial charge on any atom is -0.497 e. The highest BCUT2D eigenvalue weighted by Crippen LogP contribution is 2.38. The van der Waals surface area contributed by atoms with Crippen molar-refractivity contribution in [3.8, 4) is 5.75 Å². The Kier molecular flexibility index (Phi) is 3.96. The standard InChI is InChI=1S/C22H21NO/c1-24-20-13-11-19(12-14-20)23-16-15-17-7-5-6-10-21(17)22(23)18-8-3-2-4-9-18/h2-14,22H,15-16H2,1H3. The molecule has 0 aliphatic carbocycles. The van der Waals surface area contributed by atoms with Crippen molar-refractivity contribution in [3.63, 3.8) is 0 Å². The van der Waals surface area contributed by atoms with Gasteiger partial charge in [0, 0.05) is 12.2 Å². The molecule has 0 fully saturated rings. The Morgan fingerprint density at radius 3 is 2.29 bits per heavy atom. The lowest BCUT2D eigenvalue weighted by Gasteiger charge is -2.39. The average molecular weight is 315 g/mol. The summed E-state index contributed by atoms with van der Waals surface area (Å²) in [6.07, 6.45) is 1.07. The Hall–Kier alpha value is -2.74. The van der Waals surface area contributed by atoms with Crippen molar-refractivity contribution in [2.24, 2.45) is 0 Å². The Morgan fingerprint density at radius 2 is 1.54 bits per heavy atom. The van der Waals surface area contributed by atoms with Gasteiger partial charge in [0.2, 0.25) is 0 Å². The first-order valence-corrected chi connectivity index (χ1v) is 8.40. The molecule has 0 aromatic heterocycles. The van der Waals surface area contributed by atoms with Crippen LogP contribution in [0.15, 0.2) is 78.9 Å². The van der Waals surface area contributed by atoms with Crippen LogP contribution in [0.25, 0.3) is 0 Å². The molecule has 1 heterocycles. The van der Waals surface area contributed by atoms with E-state index in [1.807, 2.05) is 12.1 Å². The second-order valence-electron chi connectivity index (χ2n) is 6.15. The van der Waals surface area contributed by atoms with Crippen LogP contribution in [0.5, 0.6) is 5.75 Å². The molecule has 0 radical (unpaired) electrons. The van der Waals surface area contributed by atoms with E-state index in [-0.39, 0.29) is 6.04 Å². The van der Waals surface area contributed by atoms with E-state index in [0.717, 1.165) is 18.7 Å². The summed E-state index contributed by atoms with van der Waals surface area (Å²) in [5, 5.41) is 0. The number of hydrogen-bond acceptors (Lipinski definition) is 2. The van der Waals surface area contributed by atoms with E-state index in [2.05, 4.69) is 71.6 Å². The lowest BCUT2D eigenvalue weighted by Crippen LogP contribution is -2.36. The van der Waals surface area contributed by atoms with E-state index in [1.54, 1.807) is 7.11 Å². The maximum Gasteiger partial charge on any atom is 0.119 e. The van der Waals surface area contributed by atoms with E-state index >= 15 is 0 Å². The van der Waals surface area contributed by atoms with Gasteiger partial charge in [0.15, 0.2) is 0 Å². The predicted octanol–water partition coefficient (Wildman–Crippen LogP) is 4.85. The molecule has 0 N–H and O–H groups in total. The van der Waals surface area contributed by atoms with Crippen LogP contribution in [0, 0.1) is 0 Å². The molecule has 0 saturated carbocycles. The van der Waals surface area contributed by atoms with Crippen molar-refractivity contribution < 1.29 is 4.74 Å². The molecule has 1 unspecified atom stereocenters. The molecule has 0 amide bonds. The molecule has 2 heteroatoms.